The van der Waals surface area contributed by atoms with Crippen molar-refractivity contribution in [2.45, 2.75) is 19.4 Å². The largest absolute Gasteiger partial charge is 0.486 e. The van der Waals surface area contributed by atoms with Crippen molar-refractivity contribution in [2.24, 2.45) is 0 Å². The molecular formula is C22H19F3N2O5. The van der Waals surface area contributed by atoms with Crippen LogP contribution in [0.5, 0.6) is 5.75 Å². The van der Waals surface area contributed by atoms with E-state index in [1.807, 2.05) is 18.2 Å². The fraction of sp³-hybridized carbons (Fsp3) is 0.182. The molecule has 1 heterocycles. The summed E-state index contributed by atoms with van der Waals surface area (Å²) < 4.78 is 51.7. The van der Waals surface area contributed by atoms with Gasteiger partial charge in [-0.15, -0.1) is 0 Å². The lowest BCUT2D eigenvalue weighted by molar-refractivity contribution is -0.176. The average Bonchev–Trinajstić information content (AvgIpc) is 3.25. The molecule has 168 valence electrons. The molecule has 32 heavy (non-hydrogen) atoms. The highest BCUT2D eigenvalue weighted by atomic mass is 19.4. The monoisotopic (exact) mass is 448 g/mol. The standard InChI is InChI=1S/C22H19F3N2O5/c23-22(24,25)14-30-12-15-6-8-16(9-7-15)20(28)26-27-21(29)19-11-10-18(32-19)13-31-17-4-2-1-3-5-17/h1-11H,12-14H2,(H,26,28)(H,27,29). The van der Waals surface area contributed by atoms with Gasteiger partial charge in [0.1, 0.15) is 24.7 Å². The molecule has 3 aromatic rings. The molecule has 0 aliphatic heterocycles. The van der Waals surface area contributed by atoms with Gasteiger partial charge in [0.15, 0.2) is 5.76 Å². The molecule has 0 unspecified atom stereocenters. The third-order valence-electron chi connectivity index (χ3n) is 4.05. The second-order valence-electron chi connectivity index (χ2n) is 6.58. The first-order valence-corrected chi connectivity index (χ1v) is 9.41. The van der Waals surface area contributed by atoms with E-state index in [9.17, 15) is 22.8 Å². The maximum Gasteiger partial charge on any atom is 0.411 e. The van der Waals surface area contributed by atoms with Crippen LogP contribution in [0.15, 0.2) is 71.1 Å². The maximum absolute atomic E-state index is 12.2. The molecule has 0 aliphatic rings. The van der Waals surface area contributed by atoms with Gasteiger partial charge in [0.25, 0.3) is 5.91 Å². The van der Waals surface area contributed by atoms with Gasteiger partial charge in [-0.2, -0.15) is 13.2 Å². The van der Waals surface area contributed by atoms with Crippen LogP contribution in [0.2, 0.25) is 0 Å². The molecule has 2 N–H and O–H groups in total. The highest BCUT2D eigenvalue weighted by molar-refractivity contribution is 5.97. The van der Waals surface area contributed by atoms with Crippen molar-refractivity contribution >= 4 is 11.8 Å². The summed E-state index contributed by atoms with van der Waals surface area (Å²) in [6.45, 7) is -1.47. The molecule has 1 aromatic heterocycles. The zero-order valence-electron chi connectivity index (χ0n) is 16.6. The van der Waals surface area contributed by atoms with Crippen LogP contribution < -0.4 is 15.6 Å². The number of halogens is 3. The minimum atomic E-state index is -4.40. The van der Waals surface area contributed by atoms with Crippen LogP contribution in [0.4, 0.5) is 13.2 Å². The zero-order valence-corrected chi connectivity index (χ0v) is 16.6. The van der Waals surface area contributed by atoms with Crippen LogP contribution in [-0.2, 0) is 18.0 Å². The Kier molecular flexibility index (Phi) is 7.50. The van der Waals surface area contributed by atoms with E-state index in [1.165, 1.54) is 30.3 Å². The minimum Gasteiger partial charge on any atom is -0.486 e. The van der Waals surface area contributed by atoms with Crippen LogP contribution in [-0.4, -0.2) is 24.6 Å². The number of carbonyl (C=O) groups excluding carboxylic acids is 2. The first kappa shape index (κ1) is 22.9. The Morgan fingerprint density at radius 3 is 2.22 bits per heavy atom. The van der Waals surface area contributed by atoms with Crippen LogP contribution in [0.3, 0.4) is 0 Å². The molecule has 0 aliphatic carbocycles. The fourth-order valence-electron chi connectivity index (χ4n) is 2.53. The third kappa shape index (κ3) is 7.17. The van der Waals surface area contributed by atoms with E-state index in [0.29, 0.717) is 17.1 Å². The number of amides is 2. The van der Waals surface area contributed by atoms with Gasteiger partial charge in [-0.25, -0.2) is 0 Å². The Balaban J connectivity index is 1.44. The molecule has 0 radical (unpaired) electrons. The van der Waals surface area contributed by atoms with Gasteiger partial charge in [0.05, 0.1) is 6.61 Å². The number of benzene rings is 2. The predicted molar refractivity (Wildman–Crippen MR) is 107 cm³/mol. The highest BCUT2D eigenvalue weighted by Gasteiger charge is 2.27. The van der Waals surface area contributed by atoms with Crippen molar-refractivity contribution in [3.63, 3.8) is 0 Å². The van der Waals surface area contributed by atoms with Crippen LogP contribution in [0.25, 0.3) is 0 Å². The van der Waals surface area contributed by atoms with E-state index in [2.05, 4.69) is 15.6 Å². The number of nitrogens with one attached hydrogen (secondary N) is 2. The molecule has 0 spiro atoms. The molecule has 7 nitrogen and oxygen atoms in total. The molecule has 0 bridgehead atoms. The maximum atomic E-state index is 12.2. The Hall–Kier alpha value is -3.79. The van der Waals surface area contributed by atoms with Crippen molar-refractivity contribution < 1.29 is 36.7 Å². The summed E-state index contributed by atoms with van der Waals surface area (Å²) in [5, 5.41) is 0. The first-order valence-electron chi connectivity index (χ1n) is 9.41. The minimum absolute atomic E-state index is 0.0193. The van der Waals surface area contributed by atoms with Gasteiger partial charge in [-0.1, -0.05) is 30.3 Å². The zero-order chi connectivity index (χ0) is 23.0. The molecule has 0 atom stereocenters. The van der Waals surface area contributed by atoms with Crippen LogP contribution in [0, 0.1) is 0 Å². The Morgan fingerprint density at radius 1 is 0.844 bits per heavy atom. The molecule has 10 heteroatoms. The number of para-hydroxylation sites is 1. The number of hydrogen-bond donors (Lipinski definition) is 2. The van der Waals surface area contributed by atoms with E-state index in [4.69, 9.17) is 9.15 Å². The number of ether oxygens (including phenoxy) is 2. The van der Waals surface area contributed by atoms with Crippen molar-refractivity contribution in [3.8, 4) is 5.75 Å². The fourth-order valence-corrected chi connectivity index (χ4v) is 2.53. The van der Waals surface area contributed by atoms with E-state index in [0.717, 1.165) is 0 Å². The molecule has 2 amide bonds. The topological polar surface area (TPSA) is 89.8 Å². The second kappa shape index (κ2) is 10.5. The lowest BCUT2D eigenvalue weighted by Gasteiger charge is -2.09. The van der Waals surface area contributed by atoms with Crippen molar-refractivity contribution in [2.75, 3.05) is 6.61 Å². The van der Waals surface area contributed by atoms with Gasteiger partial charge in [0, 0.05) is 5.56 Å². The number of hydrogen-bond acceptors (Lipinski definition) is 5. The van der Waals surface area contributed by atoms with E-state index < -0.39 is 24.6 Å². The lowest BCUT2D eigenvalue weighted by atomic mass is 10.1. The smallest absolute Gasteiger partial charge is 0.411 e. The molecule has 2 aromatic carbocycles. The summed E-state index contributed by atoms with van der Waals surface area (Å²) in [5.41, 5.74) is 5.13. The summed E-state index contributed by atoms with van der Waals surface area (Å²) in [4.78, 5) is 24.3. The van der Waals surface area contributed by atoms with Gasteiger partial charge in [0.2, 0.25) is 0 Å². The van der Waals surface area contributed by atoms with Crippen molar-refractivity contribution in [1.82, 2.24) is 10.9 Å². The van der Waals surface area contributed by atoms with Crippen LogP contribution >= 0.6 is 0 Å². The SMILES string of the molecule is O=C(NNC(=O)c1ccc(COc2ccccc2)o1)c1ccc(COCC(F)(F)F)cc1. The molecule has 0 saturated carbocycles. The van der Waals surface area contributed by atoms with Gasteiger partial charge in [-0.3, -0.25) is 20.4 Å². The van der Waals surface area contributed by atoms with Gasteiger partial charge in [-0.05, 0) is 42.0 Å². The normalized spacial score (nSPS) is 11.1. The molecular weight excluding hydrogens is 429 g/mol. The summed E-state index contributed by atoms with van der Waals surface area (Å²) in [7, 11) is 0. The molecule has 0 saturated heterocycles. The van der Waals surface area contributed by atoms with Crippen LogP contribution in [0.1, 0.15) is 32.2 Å². The summed E-state index contributed by atoms with van der Waals surface area (Å²) >= 11 is 0. The number of furan rings is 1. The average molecular weight is 448 g/mol. The van der Waals surface area contributed by atoms with Crippen molar-refractivity contribution in [1.29, 1.82) is 0 Å². The van der Waals surface area contributed by atoms with E-state index in [-0.39, 0.29) is 24.5 Å². The third-order valence-corrected chi connectivity index (χ3v) is 4.05. The van der Waals surface area contributed by atoms with E-state index >= 15 is 0 Å². The quantitative estimate of drug-likeness (QED) is 0.509. The number of rotatable bonds is 8. The summed E-state index contributed by atoms with van der Waals surface area (Å²) in [6.07, 6.45) is -4.40. The van der Waals surface area contributed by atoms with Gasteiger partial charge < -0.3 is 13.9 Å². The van der Waals surface area contributed by atoms with E-state index in [1.54, 1.807) is 18.2 Å². The Labute approximate surface area is 181 Å². The van der Waals surface area contributed by atoms with Gasteiger partial charge >= 0.3 is 12.1 Å². The second-order valence-corrected chi connectivity index (χ2v) is 6.58. The number of alkyl halides is 3. The summed E-state index contributed by atoms with van der Waals surface area (Å²) in [6, 6.07) is 17.8. The summed E-state index contributed by atoms with van der Waals surface area (Å²) in [5.74, 6) is -0.218. The molecule has 0 fully saturated rings. The van der Waals surface area contributed by atoms with Crippen molar-refractivity contribution in [3.05, 3.63) is 89.4 Å². The molecule has 3 rings (SSSR count). The highest BCUT2D eigenvalue weighted by Crippen LogP contribution is 2.16. The Bertz CT molecular complexity index is 1030. The number of carbonyl (C=O) groups is 2. The predicted octanol–water partition coefficient (Wildman–Crippen LogP) is 4.01. The lowest BCUT2D eigenvalue weighted by Crippen LogP contribution is -2.41. The Morgan fingerprint density at radius 2 is 1.53 bits per heavy atom. The number of hydrazine groups is 1. The first-order chi connectivity index (χ1) is 15.3.